The second-order valence-corrected chi connectivity index (χ2v) is 8.82. The maximum Gasteiger partial charge on any atom is 0.216 e. The minimum atomic E-state index is -3.38. The zero-order valence-corrected chi connectivity index (χ0v) is 15.6. The van der Waals surface area contributed by atoms with Crippen LogP contribution in [0.2, 0.25) is 0 Å². The molecule has 25 heavy (non-hydrogen) atoms. The molecular weight excluding hydrogens is 352 g/mol. The Hall–Kier alpha value is -2.02. The molecule has 1 aromatic heterocycles. The molecule has 1 N–H and O–H groups in total. The van der Waals surface area contributed by atoms with Crippen LogP contribution in [0.4, 0.5) is 0 Å². The summed E-state index contributed by atoms with van der Waals surface area (Å²) in [4.78, 5) is 5.68. The molecule has 0 aliphatic rings. The van der Waals surface area contributed by atoms with E-state index in [9.17, 15) is 8.42 Å². The van der Waals surface area contributed by atoms with Gasteiger partial charge in [-0.3, -0.25) is 0 Å². The first-order chi connectivity index (χ1) is 12.0. The predicted octanol–water partition coefficient (Wildman–Crippen LogP) is 3.66. The van der Waals surface area contributed by atoms with Gasteiger partial charge in [0, 0.05) is 11.3 Å². The second-order valence-electron chi connectivity index (χ2n) is 5.84. The van der Waals surface area contributed by atoms with E-state index in [-0.39, 0.29) is 12.3 Å². The third-order valence-corrected chi connectivity index (χ3v) is 6.24. The topological polar surface area (TPSA) is 59.1 Å². The van der Waals surface area contributed by atoms with Crippen molar-refractivity contribution in [3.8, 4) is 0 Å². The third-order valence-electron chi connectivity index (χ3n) is 3.79. The fraction of sp³-hybridized carbons (Fsp3) is 0.211. The summed E-state index contributed by atoms with van der Waals surface area (Å²) in [5, 5.41) is 0.792. The molecule has 0 atom stereocenters. The molecule has 1 heterocycles. The highest BCUT2D eigenvalue weighted by molar-refractivity contribution is 7.88. The summed E-state index contributed by atoms with van der Waals surface area (Å²) in [6.07, 6.45) is 0.821. The summed E-state index contributed by atoms with van der Waals surface area (Å²) in [6.45, 7) is 2.20. The van der Waals surface area contributed by atoms with Gasteiger partial charge in [0.2, 0.25) is 10.0 Å². The lowest BCUT2D eigenvalue weighted by molar-refractivity contribution is 0.580. The lowest BCUT2D eigenvalue weighted by Gasteiger charge is -2.05. The second kappa shape index (κ2) is 7.91. The Morgan fingerprint density at radius 2 is 1.56 bits per heavy atom. The van der Waals surface area contributed by atoms with Crippen molar-refractivity contribution < 1.29 is 8.42 Å². The molecule has 6 heteroatoms. The maximum atomic E-state index is 12.2. The monoisotopic (exact) mass is 372 g/mol. The van der Waals surface area contributed by atoms with Gasteiger partial charge in [-0.15, -0.1) is 11.3 Å². The largest absolute Gasteiger partial charge is 0.245 e. The van der Waals surface area contributed by atoms with E-state index in [2.05, 4.69) is 21.8 Å². The molecule has 0 aliphatic heterocycles. The number of aryl methyl sites for hydroxylation is 1. The normalized spacial score (nSPS) is 11.6. The van der Waals surface area contributed by atoms with Crippen molar-refractivity contribution in [3.05, 3.63) is 87.4 Å². The van der Waals surface area contributed by atoms with Crippen molar-refractivity contribution in [1.82, 2.24) is 9.71 Å². The molecule has 0 saturated carbocycles. The molecule has 0 spiro atoms. The highest BCUT2D eigenvalue weighted by Crippen LogP contribution is 2.21. The van der Waals surface area contributed by atoms with Crippen molar-refractivity contribution in [3.63, 3.8) is 0 Å². The first kappa shape index (κ1) is 17.8. The molecule has 0 amide bonds. The van der Waals surface area contributed by atoms with Crippen LogP contribution >= 0.6 is 11.3 Å². The van der Waals surface area contributed by atoms with Gasteiger partial charge < -0.3 is 0 Å². The zero-order valence-electron chi connectivity index (χ0n) is 14.0. The summed E-state index contributed by atoms with van der Waals surface area (Å²) in [5.74, 6) is -0.0188. The van der Waals surface area contributed by atoms with Crippen LogP contribution < -0.4 is 4.72 Å². The molecule has 2 aromatic carbocycles. The van der Waals surface area contributed by atoms with Crippen molar-refractivity contribution in [2.45, 2.75) is 25.6 Å². The average molecular weight is 373 g/mol. The van der Waals surface area contributed by atoms with E-state index in [0.29, 0.717) is 0 Å². The van der Waals surface area contributed by atoms with Gasteiger partial charge in [0.25, 0.3) is 0 Å². The average Bonchev–Trinajstić information content (AvgIpc) is 2.95. The van der Waals surface area contributed by atoms with Crippen LogP contribution in [0.25, 0.3) is 0 Å². The van der Waals surface area contributed by atoms with E-state index in [4.69, 9.17) is 0 Å². The fourth-order valence-electron chi connectivity index (χ4n) is 2.53. The molecule has 4 nitrogen and oxygen atoms in total. The van der Waals surface area contributed by atoms with E-state index in [1.54, 1.807) is 11.3 Å². The van der Waals surface area contributed by atoms with E-state index in [1.807, 2.05) is 55.5 Å². The van der Waals surface area contributed by atoms with Crippen LogP contribution in [0.1, 0.15) is 26.7 Å². The minimum absolute atomic E-state index is 0.0188. The van der Waals surface area contributed by atoms with Gasteiger partial charge in [-0.05, 0) is 18.1 Å². The van der Waals surface area contributed by atoms with E-state index < -0.39 is 10.0 Å². The number of benzene rings is 2. The Morgan fingerprint density at radius 1 is 0.960 bits per heavy atom. The molecule has 0 radical (unpaired) electrons. The number of nitrogens with one attached hydrogen (secondary N) is 1. The van der Waals surface area contributed by atoms with Gasteiger partial charge in [0.1, 0.15) is 5.01 Å². The van der Waals surface area contributed by atoms with Crippen molar-refractivity contribution in [2.75, 3.05) is 0 Å². The standard InChI is InChI=1S/C19H20N2O2S2/c1-15-18(12-16-8-4-2-5-9-16)24-19(21-15)13-20-25(22,23)14-17-10-6-3-7-11-17/h2-11,20H,12-14H2,1H3. The van der Waals surface area contributed by atoms with Crippen LogP contribution in [0, 0.1) is 6.92 Å². The summed E-state index contributed by atoms with van der Waals surface area (Å²) in [5.41, 5.74) is 2.96. The molecule has 0 bridgehead atoms. The highest BCUT2D eigenvalue weighted by Gasteiger charge is 2.14. The quantitative estimate of drug-likeness (QED) is 0.688. The van der Waals surface area contributed by atoms with E-state index >= 15 is 0 Å². The Morgan fingerprint density at radius 3 is 2.20 bits per heavy atom. The van der Waals surface area contributed by atoms with Crippen molar-refractivity contribution >= 4 is 21.4 Å². The number of hydrogen-bond donors (Lipinski definition) is 1. The smallest absolute Gasteiger partial charge is 0.216 e. The predicted molar refractivity (Wildman–Crippen MR) is 102 cm³/mol. The Labute approximate surface area is 152 Å². The minimum Gasteiger partial charge on any atom is -0.245 e. The van der Waals surface area contributed by atoms with Crippen LogP contribution in [-0.2, 0) is 28.7 Å². The molecule has 130 valence electrons. The van der Waals surface area contributed by atoms with Crippen LogP contribution in [0.5, 0.6) is 0 Å². The van der Waals surface area contributed by atoms with E-state index in [1.165, 1.54) is 10.4 Å². The summed E-state index contributed by atoms with van der Waals surface area (Å²) in [7, 11) is -3.38. The molecular formula is C19H20N2O2S2. The van der Waals surface area contributed by atoms with Gasteiger partial charge in [0.15, 0.2) is 0 Å². The summed E-state index contributed by atoms with van der Waals surface area (Å²) >= 11 is 1.56. The molecule has 3 rings (SSSR count). The van der Waals surface area contributed by atoms with E-state index in [0.717, 1.165) is 22.7 Å². The number of sulfonamides is 1. The zero-order chi connectivity index (χ0) is 17.7. The van der Waals surface area contributed by atoms with Gasteiger partial charge in [-0.2, -0.15) is 0 Å². The third kappa shape index (κ3) is 5.22. The Bertz CT molecular complexity index is 921. The number of hydrogen-bond acceptors (Lipinski definition) is 4. The first-order valence-corrected chi connectivity index (χ1v) is 10.5. The molecule has 0 fully saturated rings. The highest BCUT2D eigenvalue weighted by atomic mass is 32.2. The van der Waals surface area contributed by atoms with Gasteiger partial charge >= 0.3 is 0 Å². The summed E-state index contributed by atoms with van der Waals surface area (Å²) in [6, 6.07) is 19.4. The number of aromatic nitrogens is 1. The van der Waals surface area contributed by atoms with Crippen LogP contribution in [-0.4, -0.2) is 13.4 Å². The number of thiazole rings is 1. The van der Waals surface area contributed by atoms with Crippen molar-refractivity contribution in [2.24, 2.45) is 0 Å². The SMILES string of the molecule is Cc1nc(CNS(=O)(=O)Cc2ccccc2)sc1Cc1ccccc1. The van der Waals surface area contributed by atoms with Gasteiger partial charge in [0.05, 0.1) is 18.0 Å². The van der Waals surface area contributed by atoms with Crippen LogP contribution in [0.3, 0.4) is 0 Å². The number of rotatable bonds is 7. The molecule has 0 saturated heterocycles. The maximum absolute atomic E-state index is 12.2. The van der Waals surface area contributed by atoms with Crippen LogP contribution in [0.15, 0.2) is 60.7 Å². The number of nitrogens with zero attached hydrogens (tertiary/aromatic N) is 1. The first-order valence-electron chi connectivity index (χ1n) is 8.02. The van der Waals surface area contributed by atoms with Crippen molar-refractivity contribution in [1.29, 1.82) is 0 Å². The van der Waals surface area contributed by atoms with Gasteiger partial charge in [-0.25, -0.2) is 18.1 Å². The Kier molecular flexibility index (Phi) is 5.63. The molecule has 0 unspecified atom stereocenters. The molecule has 0 aliphatic carbocycles. The lowest BCUT2D eigenvalue weighted by atomic mass is 10.1. The summed E-state index contributed by atoms with van der Waals surface area (Å²) < 4.78 is 27.1. The molecule has 3 aromatic rings. The lowest BCUT2D eigenvalue weighted by Crippen LogP contribution is -2.24. The fourth-order valence-corrected chi connectivity index (χ4v) is 4.75. The Balaban J connectivity index is 1.63. The van der Waals surface area contributed by atoms with Gasteiger partial charge in [-0.1, -0.05) is 60.7 Å².